The second-order valence-electron chi connectivity index (χ2n) is 7.36. The molecule has 1 aromatic carbocycles. The summed E-state index contributed by atoms with van der Waals surface area (Å²) in [6, 6.07) is 5.41. The zero-order valence-electron chi connectivity index (χ0n) is 13.8. The van der Waals surface area contributed by atoms with Gasteiger partial charge in [0.25, 0.3) is 0 Å². The number of benzene rings is 1. The third kappa shape index (κ3) is 3.16. The van der Waals surface area contributed by atoms with Gasteiger partial charge in [-0.2, -0.15) is 0 Å². The minimum Gasteiger partial charge on any atom is -0.464 e. The standard InChI is InChI=1S/C19H27NO/c1-5-13-10-16-14(8-9-20-15-6-7-15)12-21-18(16)17(11-13)19(2,3)4/h10-12,15,20H,5-9H2,1-4H3. The molecule has 114 valence electrons. The minimum absolute atomic E-state index is 0.116. The molecule has 1 aliphatic rings. The van der Waals surface area contributed by atoms with Gasteiger partial charge in [-0.15, -0.1) is 0 Å². The van der Waals surface area contributed by atoms with Crippen molar-refractivity contribution in [3.8, 4) is 0 Å². The molecule has 1 heterocycles. The fourth-order valence-corrected chi connectivity index (χ4v) is 2.90. The molecule has 1 N–H and O–H groups in total. The van der Waals surface area contributed by atoms with Crippen molar-refractivity contribution < 1.29 is 4.42 Å². The van der Waals surface area contributed by atoms with E-state index in [9.17, 15) is 0 Å². The topological polar surface area (TPSA) is 25.2 Å². The average molecular weight is 285 g/mol. The molecule has 2 heteroatoms. The molecule has 0 saturated heterocycles. The van der Waals surface area contributed by atoms with Gasteiger partial charge in [0.05, 0.1) is 6.26 Å². The van der Waals surface area contributed by atoms with Gasteiger partial charge >= 0.3 is 0 Å². The Bertz CT molecular complexity index is 629. The number of rotatable bonds is 5. The molecule has 1 fully saturated rings. The Morgan fingerprint density at radius 1 is 1.24 bits per heavy atom. The van der Waals surface area contributed by atoms with Gasteiger partial charge in [-0.05, 0) is 54.8 Å². The molecule has 0 amide bonds. The number of fused-ring (bicyclic) bond motifs is 1. The fraction of sp³-hybridized carbons (Fsp3) is 0.579. The molecular formula is C19H27NO. The molecule has 0 radical (unpaired) electrons. The Labute approximate surface area is 127 Å². The van der Waals surface area contributed by atoms with Crippen LogP contribution in [0.4, 0.5) is 0 Å². The predicted octanol–water partition coefficient (Wildman–Crippen LogP) is 4.59. The first-order valence-corrected chi connectivity index (χ1v) is 8.26. The second-order valence-corrected chi connectivity index (χ2v) is 7.36. The van der Waals surface area contributed by atoms with E-state index in [4.69, 9.17) is 4.42 Å². The Morgan fingerprint density at radius 3 is 2.62 bits per heavy atom. The molecule has 2 aromatic rings. The van der Waals surface area contributed by atoms with Gasteiger partial charge in [-0.1, -0.05) is 33.8 Å². The fourth-order valence-electron chi connectivity index (χ4n) is 2.90. The second kappa shape index (κ2) is 5.49. The Morgan fingerprint density at radius 2 is 2.00 bits per heavy atom. The van der Waals surface area contributed by atoms with Crippen molar-refractivity contribution in [2.75, 3.05) is 6.54 Å². The van der Waals surface area contributed by atoms with Crippen molar-refractivity contribution in [2.45, 2.75) is 64.8 Å². The van der Waals surface area contributed by atoms with E-state index in [-0.39, 0.29) is 5.41 Å². The van der Waals surface area contributed by atoms with Crippen LogP contribution in [-0.2, 0) is 18.3 Å². The monoisotopic (exact) mass is 285 g/mol. The van der Waals surface area contributed by atoms with Gasteiger partial charge in [-0.3, -0.25) is 0 Å². The van der Waals surface area contributed by atoms with Crippen LogP contribution in [0.15, 0.2) is 22.8 Å². The highest BCUT2D eigenvalue weighted by Crippen LogP contribution is 2.34. The van der Waals surface area contributed by atoms with Crippen LogP contribution in [0.5, 0.6) is 0 Å². The molecule has 0 aliphatic heterocycles. The van der Waals surface area contributed by atoms with Crippen LogP contribution < -0.4 is 5.32 Å². The number of nitrogens with one attached hydrogen (secondary N) is 1. The Hall–Kier alpha value is -1.28. The average Bonchev–Trinajstić information content (AvgIpc) is 3.17. The van der Waals surface area contributed by atoms with Crippen molar-refractivity contribution in [1.82, 2.24) is 5.32 Å². The van der Waals surface area contributed by atoms with Crippen LogP contribution in [0, 0.1) is 0 Å². The van der Waals surface area contributed by atoms with Gasteiger partial charge in [0, 0.05) is 17.0 Å². The SMILES string of the molecule is CCc1cc(C(C)(C)C)c2occ(CCNC3CC3)c2c1. The first-order chi connectivity index (χ1) is 9.99. The van der Waals surface area contributed by atoms with Crippen molar-refractivity contribution in [1.29, 1.82) is 0 Å². The van der Waals surface area contributed by atoms with Crippen LogP contribution in [-0.4, -0.2) is 12.6 Å². The van der Waals surface area contributed by atoms with E-state index in [1.807, 2.05) is 6.26 Å². The normalized spacial score (nSPS) is 15.8. The third-order valence-corrected chi connectivity index (χ3v) is 4.43. The van der Waals surface area contributed by atoms with E-state index in [0.29, 0.717) is 0 Å². The third-order valence-electron chi connectivity index (χ3n) is 4.43. The summed E-state index contributed by atoms with van der Waals surface area (Å²) in [6.07, 6.45) is 6.79. The van der Waals surface area contributed by atoms with E-state index in [1.54, 1.807) is 0 Å². The molecule has 0 atom stereocenters. The van der Waals surface area contributed by atoms with Crippen molar-refractivity contribution >= 4 is 11.0 Å². The van der Waals surface area contributed by atoms with E-state index in [1.165, 1.54) is 34.9 Å². The molecule has 1 aliphatic carbocycles. The summed E-state index contributed by atoms with van der Waals surface area (Å²) in [5.41, 5.74) is 5.29. The summed E-state index contributed by atoms with van der Waals surface area (Å²) < 4.78 is 5.95. The van der Waals surface area contributed by atoms with E-state index < -0.39 is 0 Å². The summed E-state index contributed by atoms with van der Waals surface area (Å²) in [5, 5.41) is 4.91. The minimum atomic E-state index is 0.116. The maximum atomic E-state index is 5.95. The van der Waals surface area contributed by atoms with E-state index in [0.717, 1.165) is 31.0 Å². The lowest BCUT2D eigenvalue weighted by Gasteiger charge is -2.20. The highest BCUT2D eigenvalue weighted by atomic mass is 16.3. The molecule has 1 aromatic heterocycles. The summed E-state index contributed by atoms with van der Waals surface area (Å²) >= 11 is 0. The zero-order valence-corrected chi connectivity index (χ0v) is 13.8. The van der Waals surface area contributed by atoms with Crippen molar-refractivity contribution in [2.24, 2.45) is 0 Å². The molecule has 1 saturated carbocycles. The van der Waals surface area contributed by atoms with Crippen molar-refractivity contribution in [3.05, 3.63) is 35.1 Å². The molecule has 0 unspecified atom stereocenters. The van der Waals surface area contributed by atoms with Gasteiger partial charge in [0.1, 0.15) is 5.58 Å². The Kier molecular flexibility index (Phi) is 3.83. The maximum Gasteiger partial charge on any atom is 0.137 e. The van der Waals surface area contributed by atoms with Crippen LogP contribution in [0.3, 0.4) is 0 Å². The van der Waals surface area contributed by atoms with Gasteiger partial charge < -0.3 is 9.73 Å². The molecule has 3 rings (SSSR count). The quantitative estimate of drug-likeness (QED) is 0.869. The lowest BCUT2D eigenvalue weighted by Crippen LogP contribution is -2.19. The predicted molar refractivity (Wildman–Crippen MR) is 89.0 cm³/mol. The number of furan rings is 1. The van der Waals surface area contributed by atoms with E-state index in [2.05, 4.69) is 45.1 Å². The van der Waals surface area contributed by atoms with Gasteiger partial charge in [0.2, 0.25) is 0 Å². The molecule has 0 spiro atoms. The first kappa shape index (κ1) is 14.6. The van der Waals surface area contributed by atoms with E-state index >= 15 is 0 Å². The Balaban J connectivity index is 1.94. The van der Waals surface area contributed by atoms with Crippen LogP contribution in [0.1, 0.15) is 57.2 Å². The van der Waals surface area contributed by atoms with Gasteiger partial charge in [0.15, 0.2) is 0 Å². The molecule has 0 bridgehead atoms. The summed E-state index contributed by atoms with van der Waals surface area (Å²) in [6.45, 7) is 10.1. The summed E-state index contributed by atoms with van der Waals surface area (Å²) in [7, 11) is 0. The summed E-state index contributed by atoms with van der Waals surface area (Å²) in [5.74, 6) is 0. The molecular weight excluding hydrogens is 258 g/mol. The highest BCUT2D eigenvalue weighted by molar-refractivity contribution is 5.85. The zero-order chi connectivity index (χ0) is 15.0. The largest absolute Gasteiger partial charge is 0.464 e. The number of hydrogen-bond acceptors (Lipinski definition) is 2. The maximum absolute atomic E-state index is 5.95. The lowest BCUT2D eigenvalue weighted by atomic mass is 9.84. The van der Waals surface area contributed by atoms with Crippen LogP contribution >= 0.6 is 0 Å². The first-order valence-electron chi connectivity index (χ1n) is 8.26. The summed E-state index contributed by atoms with van der Waals surface area (Å²) in [4.78, 5) is 0. The number of aryl methyl sites for hydroxylation is 1. The number of hydrogen-bond donors (Lipinski definition) is 1. The lowest BCUT2D eigenvalue weighted by molar-refractivity contribution is 0.556. The highest BCUT2D eigenvalue weighted by Gasteiger charge is 2.22. The van der Waals surface area contributed by atoms with Crippen molar-refractivity contribution in [3.63, 3.8) is 0 Å². The smallest absolute Gasteiger partial charge is 0.137 e. The van der Waals surface area contributed by atoms with Crippen LogP contribution in [0.2, 0.25) is 0 Å². The molecule has 21 heavy (non-hydrogen) atoms. The molecule has 2 nitrogen and oxygen atoms in total. The van der Waals surface area contributed by atoms with Crippen LogP contribution in [0.25, 0.3) is 11.0 Å². The van der Waals surface area contributed by atoms with Gasteiger partial charge in [-0.25, -0.2) is 0 Å².